The van der Waals surface area contributed by atoms with Crippen LogP contribution in [0.5, 0.6) is 0 Å². The van der Waals surface area contributed by atoms with Crippen LogP contribution in [-0.4, -0.2) is 9.78 Å². The van der Waals surface area contributed by atoms with Gasteiger partial charge in [-0.15, -0.1) is 0 Å². The van der Waals surface area contributed by atoms with E-state index in [2.05, 4.69) is 21.0 Å². The maximum absolute atomic E-state index is 6.18. The highest BCUT2D eigenvalue weighted by Crippen LogP contribution is 2.27. The smallest absolute Gasteiger partial charge is 0.0735 e. The molecule has 1 unspecified atom stereocenters. The van der Waals surface area contributed by atoms with Crippen LogP contribution >= 0.6 is 27.5 Å². The molecule has 1 aromatic heterocycles. The minimum absolute atomic E-state index is 0.236. The lowest BCUT2D eigenvalue weighted by Crippen LogP contribution is -2.16. The van der Waals surface area contributed by atoms with Crippen LogP contribution in [0.15, 0.2) is 34.9 Å². The average Bonchev–Trinajstić information content (AvgIpc) is 2.58. The van der Waals surface area contributed by atoms with Crippen molar-refractivity contribution < 1.29 is 0 Å². The van der Waals surface area contributed by atoms with Gasteiger partial charge in [0.25, 0.3) is 0 Å². The molecule has 0 aliphatic rings. The zero-order chi connectivity index (χ0) is 11.7. The van der Waals surface area contributed by atoms with E-state index in [4.69, 9.17) is 17.3 Å². The van der Waals surface area contributed by atoms with Crippen molar-refractivity contribution >= 4 is 27.5 Å². The van der Waals surface area contributed by atoms with Gasteiger partial charge in [0.15, 0.2) is 0 Å². The molecule has 16 heavy (non-hydrogen) atoms. The Morgan fingerprint density at radius 1 is 1.50 bits per heavy atom. The van der Waals surface area contributed by atoms with E-state index < -0.39 is 0 Å². The number of benzene rings is 1. The second-order valence-electron chi connectivity index (χ2n) is 3.53. The first-order chi connectivity index (χ1) is 7.59. The first-order valence-electron chi connectivity index (χ1n) is 4.78. The van der Waals surface area contributed by atoms with E-state index in [0.717, 1.165) is 15.7 Å². The lowest BCUT2D eigenvalue weighted by atomic mass is 10.1. The predicted molar refractivity (Wildman–Crippen MR) is 68.4 cm³/mol. The Morgan fingerprint density at radius 2 is 2.25 bits per heavy atom. The lowest BCUT2D eigenvalue weighted by Gasteiger charge is -2.13. The molecule has 3 nitrogen and oxygen atoms in total. The van der Waals surface area contributed by atoms with Gasteiger partial charge in [-0.25, -0.2) is 0 Å². The molecule has 1 atom stereocenters. The van der Waals surface area contributed by atoms with Crippen molar-refractivity contribution in [2.24, 2.45) is 12.8 Å². The van der Waals surface area contributed by atoms with Crippen molar-refractivity contribution in [2.75, 3.05) is 0 Å². The van der Waals surface area contributed by atoms with Crippen molar-refractivity contribution in [2.45, 2.75) is 6.04 Å². The molecular weight excluding hydrogens is 289 g/mol. The number of rotatable bonds is 2. The third kappa shape index (κ3) is 2.14. The summed E-state index contributed by atoms with van der Waals surface area (Å²) in [7, 11) is 1.87. The van der Waals surface area contributed by atoms with Crippen molar-refractivity contribution in [3.05, 3.63) is 51.2 Å². The van der Waals surface area contributed by atoms with Crippen molar-refractivity contribution in [3.63, 3.8) is 0 Å². The van der Waals surface area contributed by atoms with Crippen LogP contribution in [-0.2, 0) is 7.05 Å². The third-order valence-electron chi connectivity index (χ3n) is 2.44. The molecule has 1 heterocycles. The summed E-state index contributed by atoms with van der Waals surface area (Å²) in [6.45, 7) is 0. The van der Waals surface area contributed by atoms with Gasteiger partial charge in [-0.05, 0) is 33.6 Å². The standard InChI is InChI=1S/C11H11BrClN3/c1-16-11(9(12)6-15-16)10(14)7-3-2-4-8(13)5-7/h2-6,10H,14H2,1H3. The number of nitrogens with zero attached hydrogens (tertiary/aromatic N) is 2. The fraction of sp³-hybridized carbons (Fsp3) is 0.182. The van der Waals surface area contributed by atoms with Crippen LogP contribution in [0.25, 0.3) is 0 Å². The van der Waals surface area contributed by atoms with Gasteiger partial charge in [-0.1, -0.05) is 23.7 Å². The molecule has 0 aliphatic carbocycles. The van der Waals surface area contributed by atoms with Crippen LogP contribution in [0.1, 0.15) is 17.3 Å². The van der Waals surface area contributed by atoms with Crippen LogP contribution in [0.3, 0.4) is 0 Å². The molecule has 0 aliphatic heterocycles. The number of aromatic nitrogens is 2. The second-order valence-corrected chi connectivity index (χ2v) is 4.82. The normalized spacial score (nSPS) is 12.8. The van der Waals surface area contributed by atoms with Crippen molar-refractivity contribution in [1.82, 2.24) is 9.78 Å². The molecule has 5 heteroatoms. The van der Waals surface area contributed by atoms with Gasteiger partial charge in [0.1, 0.15) is 0 Å². The summed E-state index contributed by atoms with van der Waals surface area (Å²) in [6.07, 6.45) is 1.74. The summed E-state index contributed by atoms with van der Waals surface area (Å²) in [6, 6.07) is 7.31. The Bertz CT molecular complexity index is 490. The minimum Gasteiger partial charge on any atom is -0.319 e. The van der Waals surface area contributed by atoms with Crippen LogP contribution in [0, 0.1) is 0 Å². The topological polar surface area (TPSA) is 43.8 Å². The van der Waals surface area contributed by atoms with Gasteiger partial charge >= 0.3 is 0 Å². The van der Waals surface area contributed by atoms with Crippen LogP contribution < -0.4 is 5.73 Å². The van der Waals surface area contributed by atoms with Gasteiger partial charge < -0.3 is 5.73 Å². The minimum atomic E-state index is -0.236. The summed E-state index contributed by atoms with van der Waals surface area (Å²) in [5.41, 5.74) is 8.08. The van der Waals surface area contributed by atoms with Gasteiger partial charge in [0.05, 0.1) is 22.4 Å². The molecule has 0 bridgehead atoms. The van der Waals surface area contributed by atoms with E-state index in [1.807, 2.05) is 31.3 Å². The summed E-state index contributed by atoms with van der Waals surface area (Å²) >= 11 is 9.38. The molecular formula is C11H11BrClN3. The summed E-state index contributed by atoms with van der Waals surface area (Å²) in [5.74, 6) is 0. The fourth-order valence-electron chi connectivity index (χ4n) is 1.63. The van der Waals surface area contributed by atoms with E-state index in [-0.39, 0.29) is 6.04 Å². The average molecular weight is 301 g/mol. The highest BCUT2D eigenvalue weighted by molar-refractivity contribution is 9.10. The van der Waals surface area contributed by atoms with E-state index in [1.54, 1.807) is 10.9 Å². The zero-order valence-electron chi connectivity index (χ0n) is 8.69. The van der Waals surface area contributed by atoms with Crippen LogP contribution in [0.2, 0.25) is 5.02 Å². The van der Waals surface area contributed by atoms with E-state index in [0.29, 0.717) is 5.02 Å². The molecule has 2 rings (SSSR count). The maximum Gasteiger partial charge on any atom is 0.0735 e. The van der Waals surface area contributed by atoms with Gasteiger partial charge in [0, 0.05) is 12.1 Å². The Hall–Kier alpha value is -0.840. The molecule has 0 saturated carbocycles. The Morgan fingerprint density at radius 3 is 2.81 bits per heavy atom. The quantitative estimate of drug-likeness (QED) is 0.927. The first kappa shape index (κ1) is 11.6. The van der Waals surface area contributed by atoms with Gasteiger partial charge in [0.2, 0.25) is 0 Å². The zero-order valence-corrected chi connectivity index (χ0v) is 11.0. The highest BCUT2D eigenvalue weighted by atomic mass is 79.9. The van der Waals surface area contributed by atoms with Crippen LogP contribution in [0.4, 0.5) is 0 Å². The molecule has 0 spiro atoms. The molecule has 1 aromatic carbocycles. The molecule has 2 N–H and O–H groups in total. The summed E-state index contributed by atoms with van der Waals surface area (Å²) in [4.78, 5) is 0. The largest absolute Gasteiger partial charge is 0.319 e. The van der Waals surface area contributed by atoms with Crippen molar-refractivity contribution in [1.29, 1.82) is 0 Å². The Balaban J connectivity index is 2.43. The first-order valence-corrected chi connectivity index (χ1v) is 5.95. The number of nitrogens with two attached hydrogens (primary N) is 1. The summed E-state index contributed by atoms with van der Waals surface area (Å²) < 4.78 is 2.66. The SMILES string of the molecule is Cn1ncc(Br)c1C(N)c1cccc(Cl)c1. The molecule has 0 amide bonds. The number of aryl methyl sites for hydroxylation is 1. The molecule has 0 fully saturated rings. The predicted octanol–water partition coefficient (Wildman–Crippen LogP) is 2.88. The van der Waals surface area contributed by atoms with E-state index >= 15 is 0 Å². The van der Waals surface area contributed by atoms with E-state index in [9.17, 15) is 0 Å². The number of hydrogen-bond acceptors (Lipinski definition) is 2. The van der Waals surface area contributed by atoms with E-state index in [1.165, 1.54) is 0 Å². The highest BCUT2D eigenvalue weighted by Gasteiger charge is 2.16. The van der Waals surface area contributed by atoms with Crippen molar-refractivity contribution in [3.8, 4) is 0 Å². The fourth-order valence-corrected chi connectivity index (χ4v) is 2.42. The van der Waals surface area contributed by atoms with Gasteiger partial charge in [-0.2, -0.15) is 5.10 Å². The summed E-state index contributed by atoms with van der Waals surface area (Å²) in [5, 5.41) is 4.83. The number of hydrogen-bond donors (Lipinski definition) is 1. The molecule has 0 saturated heterocycles. The third-order valence-corrected chi connectivity index (χ3v) is 3.29. The maximum atomic E-state index is 6.18. The molecule has 2 aromatic rings. The lowest BCUT2D eigenvalue weighted by molar-refractivity contribution is 0.671. The van der Waals surface area contributed by atoms with Gasteiger partial charge in [-0.3, -0.25) is 4.68 Å². The molecule has 84 valence electrons. The monoisotopic (exact) mass is 299 g/mol. The molecule has 0 radical (unpaired) electrons. The Kier molecular flexibility index (Phi) is 3.33. The Labute approximate surface area is 107 Å². The second kappa shape index (κ2) is 4.57. The number of halogens is 2.